The Hall–Kier alpha value is -1.20. The molecule has 0 radical (unpaired) electrons. The lowest BCUT2D eigenvalue weighted by Gasteiger charge is -2.00. The molecule has 0 aliphatic carbocycles. The molecule has 0 saturated carbocycles. The zero-order valence-corrected chi connectivity index (χ0v) is 11.1. The predicted molar refractivity (Wildman–Crippen MR) is 69.9 cm³/mol. The highest BCUT2D eigenvalue weighted by Crippen LogP contribution is 2.27. The number of rotatable bonds is 4. The monoisotopic (exact) mass is 252 g/mol. The number of aryl methyl sites for hydroxylation is 2. The first-order valence-corrected chi connectivity index (χ1v) is 6.49. The van der Waals surface area contributed by atoms with Crippen LogP contribution in [0, 0.1) is 6.92 Å². The standard InChI is InChI=1S/C12H16N2O2S/c1-4-8-7(2)17-12-10(8)11(15)13-9(14-12)5-6-16-3/h4-6H2,1-3H3,(H,13,14,15). The summed E-state index contributed by atoms with van der Waals surface area (Å²) in [6.45, 7) is 4.67. The zero-order chi connectivity index (χ0) is 12.4. The maximum absolute atomic E-state index is 12.0. The topological polar surface area (TPSA) is 55.0 Å². The van der Waals surface area contributed by atoms with E-state index in [0.29, 0.717) is 18.9 Å². The van der Waals surface area contributed by atoms with Crippen LogP contribution in [0.3, 0.4) is 0 Å². The van der Waals surface area contributed by atoms with Gasteiger partial charge in [-0.1, -0.05) is 6.92 Å². The summed E-state index contributed by atoms with van der Waals surface area (Å²) in [4.78, 5) is 21.4. The highest BCUT2D eigenvalue weighted by Gasteiger charge is 2.13. The number of thiophene rings is 1. The van der Waals surface area contributed by atoms with Crippen molar-refractivity contribution in [2.45, 2.75) is 26.7 Å². The Kier molecular flexibility index (Phi) is 3.59. The van der Waals surface area contributed by atoms with Gasteiger partial charge in [0.1, 0.15) is 10.7 Å². The van der Waals surface area contributed by atoms with Crippen LogP contribution in [0.5, 0.6) is 0 Å². The lowest BCUT2D eigenvalue weighted by Crippen LogP contribution is -2.13. The number of aromatic amines is 1. The molecular formula is C12H16N2O2S. The third kappa shape index (κ3) is 2.25. The largest absolute Gasteiger partial charge is 0.384 e. The van der Waals surface area contributed by atoms with Gasteiger partial charge in [0.05, 0.1) is 12.0 Å². The van der Waals surface area contributed by atoms with Crippen LogP contribution in [0.15, 0.2) is 4.79 Å². The van der Waals surface area contributed by atoms with Crippen molar-refractivity contribution in [2.24, 2.45) is 0 Å². The molecule has 0 spiro atoms. The van der Waals surface area contributed by atoms with E-state index >= 15 is 0 Å². The van der Waals surface area contributed by atoms with Crippen molar-refractivity contribution >= 4 is 21.6 Å². The van der Waals surface area contributed by atoms with Crippen LogP contribution < -0.4 is 5.56 Å². The third-order valence-corrected chi connectivity index (χ3v) is 3.85. The van der Waals surface area contributed by atoms with Crippen LogP contribution in [0.1, 0.15) is 23.2 Å². The van der Waals surface area contributed by atoms with Crippen molar-refractivity contribution < 1.29 is 4.74 Å². The first kappa shape index (κ1) is 12.3. The van der Waals surface area contributed by atoms with Crippen LogP contribution in [0.25, 0.3) is 10.2 Å². The average molecular weight is 252 g/mol. The number of aromatic nitrogens is 2. The summed E-state index contributed by atoms with van der Waals surface area (Å²) >= 11 is 1.59. The molecule has 0 bridgehead atoms. The molecule has 2 aromatic rings. The van der Waals surface area contributed by atoms with Gasteiger partial charge in [0.25, 0.3) is 5.56 Å². The Morgan fingerprint density at radius 3 is 2.88 bits per heavy atom. The van der Waals surface area contributed by atoms with Gasteiger partial charge in [0.15, 0.2) is 0 Å². The fourth-order valence-electron chi connectivity index (χ4n) is 1.96. The predicted octanol–water partition coefficient (Wildman–Crippen LogP) is 2.04. The van der Waals surface area contributed by atoms with Crippen LogP contribution in [-0.2, 0) is 17.6 Å². The molecule has 2 rings (SSSR count). The van der Waals surface area contributed by atoms with Gasteiger partial charge in [-0.2, -0.15) is 0 Å². The number of H-pyrrole nitrogens is 1. The summed E-state index contributed by atoms with van der Waals surface area (Å²) in [5.41, 5.74) is 1.10. The van der Waals surface area contributed by atoms with Crippen molar-refractivity contribution in [3.8, 4) is 0 Å². The molecule has 0 aliphatic rings. The minimum Gasteiger partial charge on any atom is -0.384 e. The summed E-state index contributed by atoms with van der Waals surface area (Å²) in [6.07, 6.45) is 1.51. The molecule has 2 heterocycles. The highest BCUT2D eigenvalue weighted by molar-refractivity contribution is 7.18. The molecule has 2 aromatic heterocycles. The Morgan fingerprint density at radius 1 is 1.47 bits per heavy atom. The van der Waals surface area contributed by atoms with Crippen molar-refractivity contribution in [3.05, 3.63) is 26.6 Å². The summed E-state index contributed by atoms with van der Waals surface area (Å²) in [5.74, 6) is 0.702. The van der Waals surface area contributed by atoms with Crippen LogP contribution in [-0.4, -0.2) is 23.7 Å². The molecule has 0 saturated heterocycles. The van der Waals surface area contributed by atoms with Crippen molar-refractivity contribution in [1.29, 1.82) is 0 Å². The Labute approximate surface area is 104 Å². The summed E-state index contributed by atoms with van der Waals surface area (Å²) in [6, 6.07) is 0. The number of nitrogens with one attached hydrogen (secondary N) is 1. The Morgan fingerprint density at radius 2 is 2.24 bits per heavy atom. The van der Waals surface area contributed by atoms with Gasteiger partial charge in [0.2, 0.25) is 0 Å². The second-order valence-corrected chi connectivity index (χ2v) is 5.13. The summed E-state index contributed by atoms with van der Waals surface area (Å²) in [5, 5.41) is 0.760. The molecule has 0 aliphatic heterocycles. The fraction of sp³-hybridized carbons (Fsp3) is 0.500. The lowest BCUT2D eigenvalue weighted by atomic mass is 10.1. The van der Waals surface area contributed by atoms with E-state index in [1.807, 2.05) is 6.92 Å². The second-order valence-electron chi connectivity index (χ2n) is 3.93. The van der Waals surface area contributed by atoms with Gasteiger partial charge < -0.3 is 9.72 Å². The van der Waals surface area contributed by atoms with Gasteiger partial charge in [-0.05, 0) is 18.9 Å². The normalized spacial score (nSPS) is 11.2. The summed E-state index contributed by atoms with van der Waals surface area (Å²) < 4.78 is 4.99. The smallest absolute Gasteiger partial charge is 0.259 e. The third-order valence-electron chi connectivity index (χ3n) is 2.81. The van der Waals surface area contributed by atoms with Crippen LogP contribution in [0.4, 0.5) is 0 Å². The maximum atomic E-state index is 12.0. The van der Waals surface area contributed by atoms with Crippen molar-refractivity contribution in [1.82, 2.24) is 9.97 Å². The molecule has 92 valence electrons. The van der Waals surface area contributed by atoms with E-state index in [-0.39, 0.29) is 5.56 Å². The van der Waals surface area contributed by atoms with Crippen molar-refractivity contribution in [2.75, 3.05) is 13.7 Å². The number of methoxy groups -OCH3 is 1. The molecule has 0 aromatic carbocycles. The van der Waals surface area contributed by atoms with Gasteiger partial charge in [-0.3, -0.25) is 4.79 Å². The van der Waals surface area contributed by atoms with E-state index in [4.69, 9.17) is 4.74 Å². The van der Waals surface area contributed by atoms with E-state index < -0.39 is 0 Å². The number of hydrogen-bond donors (Lipinski definition) is 1. The molecule has 17 heavy (non-hydrogen) atoms. The molecule has 0 fully saturated rings. The summed E-state index contributed by atoms with van der Waals surface area (Å²) in [7, 11) is 1.64. The van der Waals surface area contributed by atoms with E-state index in [0.717, 1.165) is 22.2 Å². The first-order chi connectivity index (χ1) is 8.17. The van der Waals surface area contributed by atoms with E-state index in [9.17, 15) is 4.79 Å². The second kappa shape index (κ2) is 4.98. The van der Waals surface area contributed by atoms with Crippen molar-refractivity contribution in [3.63, 3.8) is 0 Å². The number of hydrogen-bond acceptors (Lipinski definition) is 4. The molecule has 5 heteroatoms. The number of nitrogens with zero attached hydrogens (tertiary/aromatic N) is 1. The minimum atomic E-state index is -0.0256. The van der Waals surface area contributed by atoms with Gasteiger partial charge in [0, 0.05) is 18.4 Å². The highest BCUT2D eigenvalue weighted by atomic mass is 32.1. The molecule has 0 amide bonds. The lowest BCUT2D eigenvalue weighted by molar-refractivity contribution is 0.200. The van der Waals surface area contributed by atoms with Crippen LogP contribution in [0.2, 0.25) is 0 Å². The first-order valence-electron chi connectivity index (χ1n) is 5.67. The molecule has 0 atom stereocenters. The Balaban J connectivity index is 2.56. The van der Waals surface area contributed by atoms with E-state index in [1.54, 1.807) is 18.4 Å². The maximum Gasteiger partial charge on any atom is 0.259 e. The fourth-order valence-corrected chi connectivity index (χ4v) is 3.10. The zero-order valence-electron chi connectivity index (χ0n) is 10.3. The van der Waals surface area contributed by atoms with Gasteiger partial charge >= 0.3 is 0 Å². The quantitative estimate of drug-likeness (QED) is 0.906. The van der Waals surface area contributed by atoms with Gasteiger partial charge in [-0.15, -0.1) is 11.3 Å². The Bertz CT molecular complexity index is 586. The molecular weight excluding hydrogens is 236 g/mol. The van der Waals surface area contributed by atoms with E-state index in [2.05, 4.69) is 16.9 Å². The SMILES string of the molecule is CCc1c(C)sc2nc(CCOC)[nH]c(=O)c12. The minimum absolute atomic E-state index is 0.0256. The number of ether oxygens (including phenoxy) is 1. The molecule has 1 N–H and O–H groups in total. The molecule has 0 unspecified atom stereocenters. The van der Waals surface area contributed by atoms with Crippen LogP contribution >= 0.6 is 11.3 Å². The average Bonchev–Trinajstić information content (AvgIpc) is 2.62. The van der Waals surface area contributed by atoms with E-state index in [1.165, 1.54) is 4.88 Å². The number of fused-ring (bicyclic) bond motifs is 1. The molecule has 4 nitrogen and oxygen atoms in total. The van der Waals surface area contributed by atoms with Gasteiger partial charge in [-0.25, -0.2) is 4.98 Å².